The molecule has 0 aliphatic carbocycles. The lowest BCUT2D eigenvalue weighted by Gasteiger charge is -2.41. The van der Waals surface area contributed by atoms with Crippen LogP contribution in [0.15, 0.2) is 59.2 Å². The monoisotopic (exact) mass is 289 g/mol. The number of allylic oxidation sites excluding steroid dienone is 6. The first kappa shape index (κ1) is 15.8. The van der Waals surface area contributed by atoms with Crippen molar-refractivity contribution in [1.82, 2.24) is 5.32 Å². The van der Waals surface area contributed by atoms with Crippen LogP contribution in [0.25, 0.3) is 0 Å². The molecular weight excluding hydrogens is 265 g/mol. The van der Waals surface area contributed by atoms with Crippen molar-refractivity contribution in [3.63, 3.8) is 0 Å². The molecule has 2 aliphatic heterocycles. The van der Waals surface area contributed by atoms with Crippen LogP contribution in [0.1, 0.15) is 33.6 Å². The van der Waals surface area contributed by atoms with Crippen LogP contribution in [0.3, 0.4) is 0 Å². The first-order valence-electron chi connectivity index (χ1n) is 7.47. The largest absolute Gasteiger partial charge is 0.482 e. The molecule has 0 aromatic rings. The molecule has 0 saturated carbocycles. The van der Waals surface area contributed by atoms with Crippen molar-refractivity contribution < 1.29 is 9.13 Å². The highest BCUT2D eigenvalue weighted by molar-refractivity contribution is 5.56. The summed E-state index contributed by atoms with van der Waals surface area (Å²) in [7, 11) is 0. The molecule has 1 fully saturated rings. The third-order valence-electron chi connectivity index (χ3n) is 4.12. The van der Waals surface area contributed by atoms with Crippen LogP contribution in [0.4, 0.5) is 4.39 Å². The number of piperidine rings is 1. The van der Waals surface area contributed by atoms with E-state index in [2.05, 4.69) is 31.0 Å². The summed E-state index contributed by atoms with van der Waals surface area (Å²) in [6, 6.07) is 0. The van der Waals surface area contributed by atoms with Gasteiger partial charge in [-0.15, -0.1) is 0 Å². The second kappa shape index (κ2) is 6.44. The van der Waals surface area contributed by atoms with Gasteiger partial charge in [-0.05, 0) is 63.2 Å². The van der Waals surface area contributed by atoms with Crippen molar-refractivity contribution in [2.45, 2.75) is 39.2 Å². The predicted molar refractivity (Wildman–Crippen MR) is 85.5 cm³/mol. The molecule has 2 rings (SSSR count). The van der Waals surface area contributed by atoms with E-state index in [1.807, 2.05) is 6.92 Å². The van der Waals surface area contributed by atoms with Crippen LogP contribution >= 0.6 is 0 Å². The van der Waals surface area contributed by atoms with E-state index in [4.69, 9.17) is 4.74 Å². The highest BCUT2D eigenvalue weighted by Crippen LogP contribution is 2.40. The maximum absolute atomic E-state index is 13.0. The maximum atomic E-state index is 13.0. The normalized spacial score (nSPS) is 25.0. The molecule has 1 saturated heterocycles. The standard InChI is InChI=1S/C18H24FNO/c1-5-13(2)16-12-18(8-10-20-11-9-18)21-17(15(16)4)7-6-14(3)19/h5-7,12,20H,4,8-11H2,1-3H3/b13-5+,14-6+,17-7+. The molecule has 0 unspecified atom stereocenters. The Morgan fingerprint density at radius 2 is 2.05 bits per heavy atom. The van der Waals surface area contributed by atoms with E-state index in [-0.39, 0.29) is 11.4 Å². The molecule has 2 nitrogen and oxygen atoms in total. The Hall–Kier alpha value is -1.61. The maximum Gasteiger partial charge on any atom is 0.130 e. The fourth-order valence-electron chi connectivity index (χ4n) is 2.72. The Morgan fingerprint density at radius 1 is 1.38 bits per heavy atom. The highest BCUT2D eigenvalue weighted by Gasteiger charge is 2.37. The Labute approximate surface area is 126 Å². The Kier molecular flexibility index (Phi) is 4.84. The minimum absolute atomic E-state index is 0.239. The summed E-state index contributed by atoms with van der Waals surface area (Å²) in [6.45, 7) is 11.5. The number of rotatable bonds is 2. The van der Waals surface area contributed by atoms with E-state index in [0.29, 0.717) is 5.76 Å². The van der Waals surface area contributed by atoms with Gasteiger partial charge in [0.15, 0.2) is 0 Å². The lowest BCUT2D eigenvalue weighted by Crippen LogP contribution is -2.44. The second-order valence-corrected chi connectivity index (χ2v) is 5.71. The van der Waals surface area contributed by atoms with Gasteiger partial charge < -0.3 is 10.1 Å². The molecule has 0 amide bonds. The minimum atomic E-state index is -0.296. The lowest BCUT2D eigenvalue weighted by atomic mass is 9.83. The number of ether oxygens (including phenoxy) is 1. The summed E-state index contributed by atoms with van der Waals surface area (Å²) in [5.41, 5.74) is 2.82. The Morgan fingerprint density at radius 3 is 2.62 bits per heavy atom. The summed E-state index contributed by atoms with van der Waals surface area (Å²) in [5, 5.41) is 3.35. The van der Waals surface area contributed by atoms with E-state index in [9.17, 15) is 4.39 Å². The van der Waals surface area contributed by atoms with Crippen LogP contribution in [0.5, 0.6) is 0 Å². The zero-order chi connectivity index (χ0) is 15.5. The number of hydrogen-bond donors (Lipinski definition) is 1. The van der Waals surface area contributed by atoms with E-state index >= 15 is 0 Å². The smallest absolute Gasteiger partial charge is 0.130 e. The molecule has 0 aromatic carbocycles. The van der Waals surface area contributed by atoms with Gasteiger partial charge in [-0.1, -0.05) is 12.7 Å². The summed E-state index contributed by atoms with van der Waals surface area (Å²) in [5.74, 6) is 0.435. The van der Waals surface area contributed by atoms with Gasteiger partial charge in [-0.2, -0.15) is 0 Å². The highest BCUT2D eigenvalue weighted by atomic mass is 19.1. The van der Waals surface area contributed by atoms with Crippen LogP contribution in [0.2, 0.25) is 0 Å². The minimum Gasteiger partial charge on any atom is -0.482 e. The summed E-state index contributed by atoms with van der Waals surface area (Å²) < 4.78 is 19.2. The van der Waals surface area contributed by atoms with Crippen LogP contribution in [0, 0.1) is 0 Å². The molecule has 0 aromatic heterocycles. The van der Waals surface area contributed by atoms with Gasteiger partial charge in [0.2, 0.25) is 0 Å². The van der Waals surface area contributed by atoms with Gasteiger partial charge in [-0.25, -0.2) is 4.39 Å². The van der Waals surface area contributed by atoms with Gasteiger partial charge in [0, 0.05) is 18.4 Å². The number of hydrogen-bond acceptors (Lipinski definition) is 2. The van der Waals surface area contributed by atoms with Gasteiger partial charge in [0.05, 0.1) is 5.83 Å². The zero-order valence-corrected chi connectivity index (χ0v) is 13.1. The first-order chi connectivity index (χ1) is 9.97. The van der Waals surface area contributed by atoms with E-state index in [1.54, 1.807) is 6.08 Å². The average molecular weight is 289 g/mol. The van der Waals surface area contributed by atoms with Crippen LogP contribution < -0.4 is 5.32 Å². The van der Waals surface area contributed by atoms with Gasteiger partial charge in [-0.3, -0.25) is 0 Å². The van der Waals surface area contributed by atoms with Crippen molar-refractivity contribution >= 4 is 0 Å². The molecule has 0 atom stereocenters. The number of nitrogens with one attached hydrogen (secondary N) is 1. The third kappa shape index (κ3) is 3.53. The molecule has 2 heterocycles. The van der Waals surface area contributed by atoms with E-state index in [0.717, 1.165) is 37.1 Å². The Balaban J connectivity index is 2.45. The van der Waals surface area contributed by atoms with Crippen LogP contribution in [-0.2, 0) is 4.74 Å². The summed E-state index contributed by atoms with van der Waals surface area (Å²) in [6.07, 6.45) is 9.23. The molecular formula is C18H24FNO. The van der Waals surface area contributed by atoms with Crippen molar-refractivity contribution in [2.24, 2.45) is 0 Å². The molecule has 3 heteroatoms. The second-order valence-electron chi connectivity index (χ2n) is 5.71. The molecule has 0 radical (unpaired) electrons. The Bertz CT molecular complexity index is 542. The van der Waals surface area contributed by atoms with Gasteiger partial charge >= 0.3 is 0 Å². The lowest BCUT2D eigenvalue weighted by molar-refractivity contribution is 0.0179. The van der Waals surface area contributed by atoms with E-state index in [1.165, 1.54) is 18.6 Å². The molecule has 2 aliphatic rings. The van der Waals surface area contributed by atoms with Crippen molar-refractivity contribution in [2.75, 3.05) is 13.1 Å². The molecule has 1 spiro atoms. The zero-order valence-electron chi connectivity index (χ0n) is 13.1. The predicted octanol–water partition coefficient (Wildman–Crippen LogP) is 4.34. The quantitative estimate of drug-likeness (QED) is 0.816. The van der Waals surface area contributed by atoms with Crippen molar-refractivity contribution in [1.29, 1.82) is 0 Å². The van der Waals surface area contributed by atoms with Crippen molar-refractivity contribution in [3.05, 3.63) is 59.2 Å². The van der Waals surface area contributed by atoms with E-state index < -0.39 is 0 Å². The SMILES string of the molecule is C=C1C(/C(C)=C/C)=CC2(CCNCC2)O/C1=C/C=C(\C)F. The molecule has 0 bridgehead atoms. The molecule has 114 valence electrons. The fraction of sp³-hybridized carbons (Fsp3) is 0.444. The molecule has 21 heavy (non-hydrogen) atoms. The third-order valence-corrected chi connectivity index (χ3v) is 4.12. The number of halogens is 1. The van der Waals surface area contributed by atoms with Crippen molar-refractivity contribution in [3.8, 4) is 0 Å². The first-order valence-corrected chi connectivity index (χ1v) is 7.47. The van der Waals surface area contributed by atoms with Gasteiger partial charge in [0.25, 0.3) is 0 Å². The summed E-state index contributed by atoms with van der Waals surface area (Å²) >= 11 is 0. The summed E-state index contributed by atoms with van der Waals surface area (Å²) in [4.78, 5) is 0. The molecule has 1 N–H and O–H groups in total. The van der Waals surface area contributed by atoms with Crippen LogP contribution in [-0.4, -0.2) is 18.7 Å². The average Bonchev–Trinajstić information content (AvgIpc) is 2.48. The fourth-order valence-corrected chi connectivity index (χ4v) is 2.72. The topological polar surface area (TPSA) is 21.3 Å². The van der Waals surface area contributed by atoms with Gasteiger partial charge in [0.1, 0.15) is 11.4 Å².